The normalized spacial score (nSPS) is 10.4. The Labute approximate surface area is 146 Å². The van der Waals surface area contributed by atoms with Crippen LogP contribution < -0.4 is 11.1 Å². The number of carbonyl (C=O) groups excluding carboxylic acids is 1. The Kier molecular flexibility index (Phi) is 5.78. The number of anilines is 2. The third kappa shape index (κ3) is 4.79. The second-order valence-corrected chi connectivity index (χ2v) is 7.16. The van der Waals surface area contributed by atoms with E-state index in [0.29, 0.717) is 10.7 Å². The summed E-state index contributed by atoms with van der Waals surface area (Å²) in [6.07, 6.45) is 0. The molecular weight excluding hydrogens is 419 g/mol. The maximum atomic E-state index is 12.0. The second kappa shape index (κ2) is 7.38. The van der Waals surface area contributed by atoms with Gasteiger partial charge in [-0.15, -0.1) is 11.8 Å². The molecule has 21 heavy (non-hydrogen) atoms. The van der Waals surface area contributed by atoms with Crippen molar-refractivity contribution in [3.8, 4) is 0 Å². The van der Waals surface area contributed by atoms with E-state index < -0.39 is 0 Å². The van der Waals surface area contributed by atoms with Crippen molar-refractivity contribution in [2.24, 2.45) is 0 Å². The number of benzene rings is 2. The molecule has 110 valence electrons. The Morgan fingerprint density at radius 3 is 2.81 bits per heavy atom. The topological polar surface area (TPSA) is 55.1 Å². The van der Waals surface area contributed by atoms with E-state index in [1.165, 1.54) is 11.8 Å². The summed E-state index contributed by atoms with van der Waals surface area (Å²) in [6.45, 7) is 1.97. The Hall–Kier alpha value is -0.920. The first-order chi connectivity index (χ1) is 9.95. The standard InChI is InChI=1S/C15H14ClIN2OS/c1-9-6-10(17)2-5-13(9)19-15(20)8-21-14-7-11(18)3-4-12(14)16/h2-7H,8,18H2,1H3,(H,19,20). The molecule has 3 nitrogen and oxygen atoms in total. The van der Waals surface area contributed by atoms with E-state index in [0.717, 1.165) is 19.7 Å². The molecule has 0 saturated heterocycles. The highest BCUT2D eigenvalue weighted by Crippen LogP contribution is 2.29. The molecule has 0 aromatic heterocycles. The third-order valence-corrected chi connectivity index (χ3v) is 4.94. The number of nitrogens with two attached hydrogens (primary N) is 1. The van der Waals surface area contributed by atoms with Gasteiger partial charge >= 0.3 is 0 Å². The third-order valence-electron chi connectivity index (χ3n) is 2.78. The van der Waals surface area contributed by atoms with Crippen LogP contribution in [0.25, 0.3) is 0 Å². The molecule has 0 unspecified atom stereocenters. The number of hydrogen-bond acceptors (Lipinski definition) is 3. The predicted molar refractivity (Wildman–Crippen MR) is 99.1 cm³/mol. The number of hydrogen-bond donors (Lipinski definition) is 2. The maximum absolute atomic E-state index is 12.0. The van der Waals surface area contributed by atoms with E-state index in [1.54, 1.807) is 18.2 Å². The van der Waals surface area contributed by atoms with Gasteiger partial charge in [0.1, 0.15) is 0 Å². The van der Waals surface area contributed by atoms with E-state index in [-0.39, 0.29) is 11.7 Å². The van der Waals surface area contributed by atoms with Gasteiger partial charge in [-0.05, 0) is 71.5 Å². The summed E-state index contributed by atoms with van der Waals surface area (Å²) in [4.78, 5) is 12.8. The summed E-state index contributed by atoms with van der Waals surface area (Å²) in [6, 6.07) is 11.1. The Bertz CT molecular complexity index is 679. The number of rotatable bonds is 4. The lowest BCUT2D eigenvalue weighted by Gasteiger charge is -2.09. The second-order valence-electron chi connectivity index (χ2n) is 4.49. The lowest BCUT2D eigenvalue weighted by molar-refractivity contribution is -0.113. The van der Waals surface area contributed by atoms with Gasteiger partial charge < -0.3 is 11.1 Å². The summed E-state index contributed by atoms with van der Waals surface area (Å²) >= 11 is 9.69. The number of amides is 1. The van der Waals surface area contributed by atoms with Gasteiger partial charge in [0.2, 0.25) is 5.91 Å². The average Bonchev–Trinajstić information content (AvgIpc) is 2.43. The van der Waals surface area contributed by atoms with Gasteiger partial charge in [0.25, 0.3) is 0 Å². The van der Waals surface area contributed by atoms with Crippen LogP contribution >= 0.6 is 46.0 Å². The largest absolute Gasteiger partial charge is 0.399 e. The number of carbonyl (C=O) groups is 1. The van der Waals surface area contributed by atoms with Crippen LogP contribution in [-0.2, 0) is 4.79 Å². The first-order valence-corrected chi connectivity index (χ1v) is 8.64. The minimum Gasteiger partial charge on any atom is -0.399 e. The molecule has 0 fully saturated rings. The average molecular weight is 433 g/mol. The van der Waals surface area contributed by atoms with Gasteiger partial charge in [-0.2, -0.15) is 0 Å². The van der Waals surface area contributed by atoms with Crippen LogP contribution in [0.2, 0.25) is 5.02 Å². The van der Waals surface area contributed by atoms with Crippen molar-refractivity contribution in [1.29, 1.82) is 0 Å². The molecule has 0 aliphatic rings. The van der Waals surface area contributed by atoms with Crippen molar-refractivity contribution in [3.05, 3.63) is 50.6 Å². The molecule has 0 aliphatic heterocycles. The van der Waals surface area contributed by atoms with E-state index in [9.17, 15) is 4.79 Å². The summed E-state index contributed by atoms with van der Waals surface area (Å²) in [5, 5.41) is 3.51. The fourth-order valence-electron chi connectivity index (χ4n) is 1.73. The van der Waals surface area contributed by atoms with Crippen LogP contribution in [0.5, 0.6) is 0 Å². The predicted octanol–water partition coefficient (Wildman–Crippen LogP) is 4.57. The smallest absolute Gasteiger partial charge is 0.234 e. The van der Waals surface area contributed by atoms with Gasteiger partial charge in [-0.3, -0.25) is 4.79 Å². The fraction of sp³-hybridized carbons (Fsp3) is 0.133. The molecule has 2 rings (SSSR count). The number of aryl methyl sites for hydroxylation is 1. The van der Waals surface area contributed by atoms with E-state index in [2.05, 4.69) is 27.9 Å². The number of thioether (sulfide) groups is 1. The van der Waals surface area contributed by atoms with Gasteiger partial charge in [0, 0.05) is 19.8 Å². The van der Waals surface area contributed by atoms with Crippen molar-refractivity contribution in [3.63, 3.8) is 0 Å². The molecule has 0 aliphatic carbocycles. The lowest BCUT2D eigenvalue weighted by atomic mass is 10.2. The van der Waals surface area contributed by atoms with Crippen LogP contribution in [0.3, 0.4) is 0 Å². The van der Waals surface area contributed by atoms with E-state index in [1.807, 2.05) is 25.1 Å². The monoisotopic (exact) mass is 432 g/mol. The zero-order valence-corrected chi connectivity index (χ0v) is 15.1. The van der Waals surface area contributed by atoms with Gasteiger partial charge in [-0.1, -0.05) is 11.6 Å². The first kappa shape index (κ1) is 16.5. The Balaban J connectivity index is 1.97. The van der Waals surface area contributed by atoms with Gasteiger partial charge in [0.05, 0.1) is 10.8 Å². The molecule has 0 bridgehead atoms. The van der Waals surface area contributed by atoms with Crippen molar-refractivity contribution < 1.29 is 4.79 Å². The van der Waals surface area contributed by atoms with E-state index >= 15 is 0 Å². The van der Waals surface area contributed by atoms with Crippen LogP contribution in [-0.4, -0.2) is 11.7 Å². The highest BCUT2D eigenvalue weighted by atomic mass is 127. The van der Waals surface area contributed by atoms with Crippen molar-refractivity contribution in [1.82, 2.24) is 0 Å². The molecular formula is C15H14ClIN2OS. The first-order valence-electron chi connectivity index (χ1n) is 6.19. The zero-order valence-electron chi connectivity index (χ0n) is 11.3. The maximum Gasteiger partial charge on any atom is 0.234 e. The van der Waals surface area contributed by atoms with Crippen LogP contribution in [0.15, 0.2) is 41.3 Å². The molecule has 0 atom stereocenters. The minimum atomic E-state index is -0.0669. The Morgan fingerprint density at radius 2 is 2.10 bits per heavy atom. The highest BCUT2D eigenvalue weighted by Gasteiger charge is 2.08. The van der Waals surface area contributed by atoms with Crippen LogP contribution in [0.1, 0.15) is 5.56 Å². The van der Waals surface area contributed by atoms with E-state index in [4.69, 9.17) is 17.3 Å². The van der Waals surface area contributed by atoms with Crippen LogP contribution in [0, 0.1) is 10.5 Å². The summed E-state index contributed by atoms with van der Waals surface area (Å²) in [7, 11) is 0. The summed E-state index contributed by atoms with van der Waals surface area (Å²) in [5.41, 5.74) is 8.23. The molecule has 0 spiro atoms. The highest BCUT2D eigenvalue weighted by molar-refractivity contribution is 14.1. The summed E-state index contributed by atoms with van der Waals surface area (Å²) in [5.74, 6) is 0.219. The molecule has 1 amide bonds. The fourth-order valence-corrected chi connectivity index (χ4v) is 3.44. The molecule has 0 saturated carbocycles. The molecule has 0 heterocycles. The number of nitrogen functional groups attached to an aromatic ring is 1. The molecule has 0 radical (unpaired) electrons. The SMILES string of the molecule is Cc1cc(I)ccc1NC(=O)CSc1cc(N)ccc1Cl. The minimum absolute atomic E-state index is 0.0669. The molecule has 3 N–H and O–H groups in total. The molecule has 2 aromatic rings. The van der Waals surface area contributed by atoms with Gasteiger partial charge in [-0.25, -0.2) is 0 Å². The number of nitrogens with one attached hydrogen (secondary N) is 1. The van der Waals surface area contributed by atoms with Crippen molar-refractivity contribution >= 4 is 63.2 Å². The summed E-state index contributed by atoms with van der Waals surface area (Å²) < 4.78 is 1.14. The molecule has 2 aromatic carbocycles. The Morgan fingerprint density at radius 1 is 1.33 bits per heavy atom. The quantitative estimate of drug-likeness (QED) is 0.423. The van der Waals surface area contributed by atoms with Crippen molar-refractivity contribution in [2.75, 3.05) is 16.8 Å². The molecule has 6 heteroatoms. The lowest BCUT2D eigenvalue weighted by Crippen LogP contribution is -2.14. The zero-order chi connectivity index (χ0) is 15.4. The van der Waals surface area contributed by atoms with Crippen molar-refractivity contribution in [2.45, 2.75) is 11.8 Å². The van der Waals surface area contributed by atoms with Crippen LogP contribution in [0.4, 0.5) is 11.4 Å². The van der Waals surface area contributed by atoms with Gasteiger partial charge in [0.15, 0.2) is 0 Å². The number of halogens is 2.